The van der Waals surface area contributed by atoms with Crippen molar-refractivity contribution in [3.05, 3.63) is 65.2 Å². The first-order chi connectivity index (χ1) is 10.6. The van der Waals surface area contributed by atoms with E-state index >= 15 is 0 Å². The van der Waals surface area contributed by atoms with Gasteiger partial charge in [-0.3, -0.25) is 9.59 Å². The van der Waals surface area contributed by atoms with E-state index in [1.54, 1.807) is 11.9 Å². The van der Waals surface area contributed by atoms with Crippen LogP contribution in [0.5, 0.6) is 0 Å². The number of carbonyl (C=O) groups is 2. The SMILES string of the molecule is CN1C(=O)Cc2cc(CNC(=O)Cc3ccccc3)ccc21. The molecule has 1 aliphatic heterocycles. The van der Waals surface area contributed by atoms with Crippen molar-refractivity contribution in [3.8, 4) is 0 Å². The highest BCUT2D eigenvalue weighted by Gasteiger charge is 2.23. The zero-order valence-electron chi connectivity index (χ0n) is 12.5. The Labute approximate surface area is 129 Å². The van der Waals surface area contributed by atoms with E-state index in [0.29, 0.717) is 19.4 Å². The minimum absolute atomic E-state index is 0.0000992. The van der Waals surface area contributed by atoms with Gasteiger partial charge in [0, 0.05) is 19.3 Å². The van der Waals surface area contributed by atoms with Crippen LogP contribution in [0.15, 0.2) is 48.5 Å². The van der Waals surface area contributed by atoms with Crippen molar-refractivity contribution in [2.24, 2.45) is 0 Å². The molecular formula is C18H18N2O2. The van der Waals surface area contributed by atoms with Crippen molar-refractivity contribution in [2.45, 2.75) is 19.4 Å². The number of likely N-dealkylation sites (N-methyl/N-ethyl adjacent to an activating group) is 1. The normalized spacial score (nSPS) is 13.1. The molecule has 0 atom stereocenters. The van der Waals surface area contributed by atoms with Crippen molar-refractivity contribution in [1.82, 2.24) is 5.32 Å². The summed E-state index contributed by atoms with van der Waals surface area (Å²) < 4.78 is 0. The van der Waals surface area contributed by atoms with Gasteiger partial charge in [-0.05, 0) is 22.8 Å². The Morgan fingerprint density at radius 3 is 2.68 bits per heavy atom. The molecule has 1 heterocycles. The summed E-state index contributed by atoms with van der Waals surface area (Å²) in [6.07, 6.45) is 0.824. The third-order valence-electron chi connectivity index (χ3n) is 3.92. The van der Waals surface area contributed by atoms with Gasteiger partial charge < -0.3 is 10.2 Å². The molecule has 0 aliphatic carbocycles. The van der Waals surface area contributed by atoms with E-state index in [-0.39, 0.29) is 11.8 Å². The molecule has 2 aromatic carbocycles. The molecule has 0 fully saturated rings. The monoisotopic (exact) mass is 294 g/mol. The molecular weight excluding hydrogens is 276 g/mol. The molecule has 1 N–H and O–H groups in total. The zero-order valence-corrected chi connectivity index (χ0v) is 12.5. The van der Waals surface area contributed by atoms with Crippen LogP contribution in [-0.2, 0) is 29.0 Å². The summed E-state index contributed by atoms with van der Waals surface area (Å²) in [5.74, 6) is 0.111. The van der Waals surface area contributed by atoms with Gasteiger partial charge in [0.2, 0.25) is 11.8 Å². The molecule has 0 saturated heterocycles. The Hall–Kier alpha value is -2.62. The van der Waals surface area contributed by atoms with Crippen LogP contribution in [0, 0.1) is 0 Å². The number of carbonyl (C=O) groups excluding carboxylic acids is 2. The highest BCUT2D eigenvalue weighted by Crippen LogP contribution is 2.28. The van der Waals surface area contributed by atoms with E-state index < -0.39 is 0 Å². The first kappa shape index (κ1) is 14.3. The van der Waals surface area contributed by atoms with Gasteiger partial charge >= 0.3 is 0 Å². The summed E-state index contributed by atoms with van der Waals surface area (Å²) in [6.45, 7) is 0.483. The number of nitrogens with one attached hydrogen (secondary N) is 1. The number of nitrogens with zero attached hydrogens (tertiary/aromatic N) is 1. The predicted molar refractivity (Wildman–Crippen MR) is 85.5 cm³/mol. The van der Waals surface area contributed by atoms with Crippen LogP contribution in [0.2, 0.25) is 0 Å². The third-order valence-corrected chi connectivity index (χ3v) is 3.92. The average molecular weight is 294 g/mol. The van der Waals surface area contributed by atoms with Crippen LogP contribution in [0.1, 0.15) is 16.7 Å². The molecule has 4 heteroatoms. The number of hydrogen-bond donors (Lipinski definition) is 1. The first-order valence-electron chi connectivity index (χ1n) is 7.32. The Balaban J connectivity index is 1.59. The minimum Gasteiger partial charge on any atom is -0.352 e. The lowest BCUT2D eigenvalue weighted by molar-refractivity contribution is -0.120. The van der Waals surface area contributed by atoms with Crippen LogP contribution in [-0.4, -0.2) is 18.9 Å². The summed E-state index contributed by atoms with van der Waals surface area (Å²) in [5, 5.41) is 2.92. The molecule has 0 spiro atoms. The molecule has 2 amide bonds. The Morgan fingerprint density at radius 1 is 1.14 bits per heavy atom. The largest absolute Gasteiger partial charge is 0.352 e. The van der Waals surface area contributed by atoms with Crippen molar-refractivity contribution < 1.29 is 9.59 Å². The Morgan fingerprint density at radius 2 is 1.91 bits per heavy atom. The maximum Gasteiger partial charge on any atom is 0.231 e. The van der Waals surface area contributed by atoms with E-state index in [2.05, 4.69) is 5.32 Å². The summed E-state index contributed by atoms with van der Waals surface area (Å²) in [4.78, 5) is 25.3. The van der Waals surface area contributed by atoms with Gasteiger partial charge in [0.1, 0.15) is 0 Å². The van der Waals surface area contributed by atoms with Gasteiger partial charge in [-0.2, -0.15) is 0 Å². The number of anilines is 1. The quantitative estimate of drug-likeness (QED) is 0.938. The molecule has 0 radical (unpaired) electrons. The highest BCUT2D eigenvalue weighted by molar-refractivity contribution is 6.00. The second-order valence-corrected chi connectivity index (χ2v) is 5.53. The van der Waals surface area contributed by atoms with E-state index in [1.807, 2.05) is 48.5 Å². The number of hydrogen-bond acceptors (Lipinski definition) is 2. The molecule has 0 saturated carbocycles. The van der Waals surface area contributed by atoms with Gasteiger partial charge in [-0.25, -0.2) is 0 Å². The minimum atomic E-state index is -0.0000992. The highest BCUT2D eigenvalue weighted by atomic mass is 16.2. The number of fused-ring (bicyclic) bond motifs is 1. The van der Waals surface area contributed by atoms with Gasteiger partial charge in [0.05, 0.1) is 12.8 Å². The van der Waals surface area contributed by atoms with Gasteiger partial charge in [-0.1, -0.05) is 42.5 Å². The summed E-state index contributed by atoms with van der Waals surface area (Å²) in [6, 6.07) is 15.6. The molecule has 2 aromatic rings. The maximum absolute atomic E-state index is 12.0. The second-order valence-electron chi connectivity index (χ2n) is 5.53. The lowest BCUT2D eigenvalue weighted by Gasteiger charge is -2.11. The first-order valence-corrected chi connectivity index (χ1v) is 7.32. The fourth-order valence-corrected chi connectivity index (χ4v) is 2.68. The molecule has 112 valence electrons. The fraction of sp³-hybridized carbons (Fsp3) is 0.222. The molecule has 0 unspecified atom stereocenters. The average Bonchev–Trinajstić information content (AvgIpc) is 2.81. The van der Waals surface area contributed by atoms with Gasteiger partial charge in [0.25, 0.3) is 0 Å². The van der Waals surface area contributed by atoms with Crippen LogP contribution in [0.4, 0.5) is 5.69 Å². The van der Waals surface area contributed by atoms with Crippen molar-refractivity contribution in [1.29, 1.82) is 0 Å². The number of benzene rings is 2. The lowest BCUT2D eigenvalue weighted by atomic mass is 10.1. The smallest absolute Gasteiger partial charge is 0.231 e. The molecule has 3 rings (SSSR count). The van der Waals surface area contributed by atoms with Crippen molar-refractivity contribution in [2.75, 3.05) is 11.9 Å². The van der Waals surface area contributed by atoms with E-state index in [4.69, 9.17) is 0 Å². The maximum atomic E-state index is 12.0. The molecule has 1 aliphatic rings. The van der Waals surface area contributed by atoms with E-state index in [1.165, 1.54) is 0 Å². The Bertz CT molecular complexity index is 710. The summed E-state index contributed by atoms with van der Waals surface area (Å²) in [5.41, 5.74) is 4.01. The van der Waals surface area contributed by atoms with Gasteiger partial charge in [-0.15, -0.1) is 0 Å². The standard InChI is InChI=1S/C18H18N2O2/c1-20-16-8-7-14(9-15(16)11-18(20)22)12-19-17(21)10-13-5-3-2-4-6-13/h2-9H,10-12H2,1H3,(H,19,21). The summed E-state index contributed by atoms with van der Waals surface area (Å²) >= 11 is 0. The molecule has 0 aromatic heterocycles. The van der Waals surface area contributed by atoms with Gasteiger partial charge in [0.15, 0.2) is 0 Å². The molecule has 4 nitrogen and oxygen atoms in total. The van der Waals surface area contributed by atoms with E-state index in [9.17, 15) is 9.59 Å². The van der Waals surface area contributed by atoms with Crippen LogP contribution in [0.25, 0.3) is 0 Å². The third kappa shape index (κ3) is 3.01. The zero-order chi connectivity index (χ0) is 15.5. The lowest BCUT2D eigenvalue weighted by Crippen LogP contribution is -2.24. The van der Waals surface area contributed by atoms with E-state index in [0.717, 1.165) is 22.4 Å². The number of amides is 2. The number of rotatable bonds is 4. The molecule has 22 heavy (non-hydrogen) atoms. The topological polar surface area (TPSA) is 49.4 Å². The van der Waals surface area contributed by atoms with Crippen molar-refractivity contribution in [3.63, 3.8) is 0 Å². The van der Waals surface area contributed by atoms with Crippen LogP contribution < -0.4 is 10.2 Å². The Kier molecular flexibility index (Phi) is 3.92. The van der Waals surface area contributed by atoms with Crippen molar-refractivity contribution >= 4 is 17.5 Å². The fourth-order valence-electron chi connectivity index (χ4n) is 2.68. The molecule has 0 bridgehead atoms. The summed E-state index contributed by atoms with van der Waals surface area (Å²) in [7, 11) is 1.79. The van der Waals surface area contributed by atoms with Crippen LogP contribution >= 0.6 is 0 Å². The van der Waals surface area contributed by atoms with Crippen LogP contribution in [0.3, 0.4) is 0 Å². The predicted octanol–water partition coefficient (Wildman–Crippen LogP) is 2.06. The second kappa shape index (κ2) is 6.02.